The number of nitrogens with one attached hydrogen (secondary N) is 1. The highest BCUT2D eigenvalue weighted by Crippen LogP contribution is 2.27. The van der Waals surface area contributed by atoms with Gasteiger partial charge in [-0.2, -0.15) is 0 Å². The van der Waals surface area contributed by atoms with Crippen LogP contribution in [0.2, 0.25) is 0 Å². The Bertz CT molecular complexity index is 694. The number of nitrogen functional groups attached to an aromatic ring is 1. The van der Waals surface area contributed by atoms with Crippen molar-refractivity contribution in [2.75, 3.05) is 5.73 Å². The van der Waals surface area contributed by atoms with Gasteiger partial charge in [0.25, 0.3) is 0 Å². The van der Waals surface area contributed by atoms with Gasteiger partial charge < -0.3 is 5.73 Å². The molecule has 1 saturated heterocycles. The summed E-state index contributed by atoms with van der Waals surface area (Å²) in [4.78, 5) is 27.0. The number of nitrogens with two attached hydrogens (primary N) is 1. The minimum Gasteiger partial charge on any atom is -0.369 e. The molecule has 1 aromatic heterocycles. The number of carbonyl (C=O) groups is 2. The molecule has 19 heavy (non-hydrogen) atoms. The second-order valence-corrected chi connectivity index (χ2v) is 4.44. The van der Waals surface area contributed by atoms with Crippen molar-refractivity contribution in [1.82, 2.24) is 14.9 Å². The van der Waals surface area contributed by atoms with Crippen LogP contribution in [0.5, 0.6) is 0 Å². The zero-order valence-electron chi connectivity index (χ0n) is 9.89. The molecule has 7 heteroatoms. The van der Waals surface area contributed by atoms with E-state index < -0.39 is 17.8 Å². The van der Waals surface area contributed by atoms with Crippen molar-refractivity contribution < 1.29 is 14.0 Å². The average Bonchev–Trinajstić information content (AvgIpc) is 2.65. The molecule has 1 aliphatic heterocycles. The van der Waals surface area contributed by atoms with Gasteiger partial charge in [0.2, 0.25) is 17.8 Å². The number of rotatable bonds is 1. The van der Waals surface area contributed by atoms with Crippen molar-refractivity contribution >= 4 is 28.8 Å². The van der Waals surface area contributed by atoms with Crippen molar-refractivity contribution in [3.63, 3.8) is 0 Å². The minimum absolute atomic E-state index is 0.134. The quantitative estimate of drug-likeness (QED) is 0.741. The predicted molar refractivity (Wildman–Crippen MR) is 65.5 cm³/mol. The molecule has 2 heterocycles. The number of amides is 2. The summed E-state index contributed by atoms with van der Waals surface area (Å²) in [5.74, 6) is -0.989. The number of piperidine rings is 1. The zero-order valence-corrected chi connectivity index (χ0v) is 9.89. The number of hydrogen-bond acceptors (Lipinski definition) is 4. The van der Waals surface area contributed by atoms with Crippen LogP contribution >= 0.6 is 0 Å². The normalized spacial score (nSPS) is 19.7. The second kappa shape index (κ2) is 4.04. The molecule has 1 unspecified atom stereocenters. The van der Waals surface area contributed by atoms with Crippen molar-refractivity contribution in [2.45, 2.75) is 18.9 Å². The molecule has 0 spiro atoms. The van der Waals surface area contributed by atoms with E-state index in [2.05, 4.69) is 10.3 Å². The van der Waals surface area contributed by atoms with E-state index in [4.69, 9.17) is 5.73 Å². The fourth-order valence-corrected chi connectivity index (χ4v) is 2.35. The maximum atomic E-state index is 13.1. The lowest BCUT2D eigenvalue weighted by molar-refractivity contribution is -0.135. The van der Waals surface area contributed by atoms with Gasteiger partial charge in [0.15, 0.2) is 0 Å². The first-order valence-corrected chi connectivity index (χ1v) is 5.83. The summed E-state index contributed by atoms with van der Waals surface area (Å²) in [6, 6.07) is 3.48. The van der Waals surface area contributed by atoms with E-state index in [-0.39, 0.29) is 18.3 Å². The third-order valence-corrected chi connectivity index (χ3v) is 3.20. The molecule has 3 rings (SSSR count). The third-order valence-electron chi connectivity index (χ3n) is 3.20. The number of imidazole rings is 1. The average molecular weight is 262 g/mol. The Morgan fingerprint density at radius 1 is 1.42 bits per heavy atom. The van der Waals surface area contributed by atoms with Crippen LogP contribution in [0.1, 0.15) is 18.9 Å². The number of hydrogen-bond donors (Lipinski definition) is 2. The standard InChI is InChI=1S/C12H11FN4O2/c13-6-1-2-8-7(5-6)15-12(14)17(8)9-3-4-10(18)16-11(9)19/h1-2,5,9H,3-4H2,(H2,14,15)(H,16,18,19). The monoisotopic (exact) mass is 262 g/mol. The second-order valence-electron chi connectivity index (χ2n) is 4.44. The van der Waals surface area contributed by atoms with Crippen LogP contribution in [0.4, 0.5) is 10.3 Å². The van der Waals surface area contributed by atoms with E-state index in [9.17, 15) is 14.0 Å². The lowest BCUT2D eigenvalue weighted by Gasteiger charge is -2.23. The predicted octanol–water partition coefficient (Wildman–Crippen LogP) is 0.735. The Labute approximate surface area is 107 Å². The lowest BCUT2D eigenvalue weighted by Crippen LogP contribution is -2.41. The molecule has 2 aromatic rings. The van der Waals surface area contributed by atoms with E-state index in [1.54, 1.807) is 0 Å². The van der Waals surface area contributed by atoms with E-state index in [1.165, 1.54) is 22.8 Å². The maximum absolute atomic E-state index is 13.1. The summed E-state index contributed by atoms with van der Waals surface area (Å²) in [5, 5.41) is 2.26. The molecule has 1 aliphatic rings. The van der Waals surface area contributed by atoms with Crippen LogP contribution in [0.25, 0.3) is 11.0 Å². The highest BCUT2D eigenvalue weighted by Gasteiger charge is 2.30. The Morgan fingerprint density at radius 2 is 2.21 bits per heavy atom. The highest BCUT2D eigenvalue weighted by atomic mass is 19.1. The van der Waals surface area contributed by atoms with Crippen LogP contribution in [0, 0.1) is 5.82 Å². The van der Waals surface area contributed by atoms with E-state index in [0.29, 0.717) is 17.5 Å². The SMILES string of the molecule is Nc1nc2cc(F)ccc2n1C1CCC(=O)NC1=O. The van der Waals surface area contributed by atoms with E-state index >= 15 is 0 Å². The topological polar surface area (TPSA) is 90.0 Å². The molecule has 1 aromatic carbocycles. The number of aromatic nitrogens is 2. The summed E-state index contributed by atoms with van der Waals surface area (Å²) >= 11 is 0. The van der Waals surface area contributed by atoms with Gasteiger partial charge in [-0.3, -0.25) is 19.5 Å². The Morgan fingerprint density at radius 3 is 2.95 bits per heavy atom. The van der Waals surface area contributed by atoms with Crippen LogP contribution in [-0.2, 0) is 9.59 Å². The number of benzene rings is 1. The first kappa shape index (κ1) is 11.6. The minimum atomic E-state index is -0.590. The summed E-state index contributed by atoms with van der Waals surface area (Å²) in [6.07, 6.45) is 0.606. The molecule has 1 fully saturated rings. The van der Waals surface area contributed by atoms with Gasteiger partial charge in [0.1, 0.15) is 11.9 Å². The van der Waals surface area contributed by atoms with Crippen molar-refractivity contribution in [3.8, 4) is 0 Å². The first-order chi connectivity index (χ1) is 9.06. The first-order valence-electron chi connectivity index (χ1n) is 5.83. The summed E-state index contributed by atoms with van der Waals surface area (Å²) < 4.78 is 14.7. The van der Waals surface area contributed by atoms with Gasteiger partial charge in [-0.1, -0.05) is 0 Å². The van der Waals surface area contributed by atoms with Crippen molar-refractivity contribution in [1.29, 1.82) is 0 Å². The van der Waals surface area contributed by atoms with E-state index in [0.717, 1.165) is 0 Å². The highest BCUT2D eigenvalue weighted by molar-refractivity contribution is 6.00. The van der Waals surface area contributed by atoms with Crippen molar-refractivity contribution in [2.24, 2.45) is 0 Å². The van der Waals surface area contributed by atoms with Gasteiger partial charge in [-0.25, -0.2) is 9.37 Å². The fraction of sp³-hybridized carbons (Fsp3) is 0.250. The molecule has 1 atom stereocenters. The van der Waals surface area contributed by atoms with Gasteiger partial charge in [0.05, 0.1) is 11.0 Å². The number of nitrogens with zero attached hydrogens (tertiary/aromatic N) is 2. The zero-order chi connectivity index (χ0) is 13.6. The van der Waals surface area contributed by atoms with Crippen molar-refractivity contribution in [3.05, 3.63) is 24.0 Å². The molecule has 0 saturated carbocycles. The summed E-state index contributed by atoms with van der Waals surface area (Å²) in [6.45, 7) is 0. The maximum Gasteiger partial charge on any atom is 0.249 e. The number of fused-ring (bicyclic) bond motifs is 1. The number of imide groups is 1. The molecule has 6 nitrogen and oxygen atoms in total. The molecule has 0 radical (unpaired) electrons. The molecule has 3 N–H and O–H groups in total. The Hall–Kier alpha value is -2.44. The molecular formula is C12H11FN4O2. The van der Waals surface area contributed by atoms with Gasteiger partial charge >= 0.3 is 0 Å². The largest absolute Gasteiger partial charge is 0.369 e. The molecule has 0 bridgehead atoms. The smallest absolute Gasteiger partial charge is 0.249 e. The van der Waals surface area contributed by atoms with E-state index in [1.807, 2.05) is 0 Å². The molecule has 2 amide bonds. The van der Waals surface area contributed by atoms with Crippen LogP contribution < -0.4 is 11.1 Å². The number of halogens is 1. The molecule has 0 aliphatic carbocycles. The third kappa shape index (κ3) is 1.83. The van der Waals surface area contributed by atoms with Crippen LogP contribution in [0.15, 0.2) is 18.2 Å². The Balaban J connectivity index is 2.12. The Kier molecular flexibility index (Phi) is 2.48. The number of anilines is 1. The molecular weight excluding hydrogens is 251 g/mol. The van der Waals surface area contributed by atoms with Crippen LogP contribution in [0.3, 0.4) is 0 Å². The number of carbonyl (C=O) groups excluding carboxylic acids is 2. The van der Waals surface area contributed by atoms with Gasteiger partial charge in [-0.05, 0) is 18.6 Å². The lowest BCUT2D eigenvalue weighted by atomic mass is 10.1. The fourth-order valence-electron chi connectivity index (χ4n) is 2.35. The van der Waals surface area contributed by atoms with Gasteiger partial charge in [0, 0.05) is 12.5 Å². The summed E-state index contributed by atoms with van der Waals surface area (Å²) in [7, 11) is 0. The van der Waals surface area contributed by atoms with Gasteiger partial charge in [-0.15, -0.1) is 0 Å². The van der Waals surface area contributed by atoms with Crippen LogP contribution in [-0.4, -0.2) is 21.4 Å². The molecule has 98 valence electrons. The summed E-state index contributed by atoms with van der Waals surface area (Å²) in [5.41, 5.74) is 6.76.